The molecule has 0 saturated heterocycles. The van der Waals surface area contributed by atoms with Gasteiger partial charge in [0, 0.05) is 46.0 Å². The molecule has 3 aromatic heterocycles. The number of thiophene rings is 1. The average molecular weight is 443 g/mol. The summed E-state index contributed by atoms with van der Waals surface area (Å²) in [6.07, 6.45) is 2.72. The molecular formula is C24H18N4O3S. The molecule has 6 rings (SSSR count). The molecule has 2 atom stereocenters. The number of carbonyl (C=O) groups is 1. The zero-order valence-corrected chi connectivity index (χ0v) is 17.7. The van der Waals surface area contributed by atoms with E-state index in [9.17, 15) is 14.4 Å². The normalized spacial score (nSPS) is 20.1. The molecule has 0 saturated carbocycles. The first-order valence-corrected chi connectivity index (χ1v) is 11.2. The number of pyridine rings is 1. The molecule has 2 aliphatic rings. The van der Waals surface area contributed by atoms with Gasteiger partial charge >= 0.3 is 5.69 Å². The Kier molecular flexibility index (Phi) is 4.22. The fraction of sp³-hybridized carbons (Fsp3) is 0.167. The monoisotopic (exact) mass is 442 g/mol. The van der Waals surface area contributed by atoms with Crippen molar-refractivity contribution in [2.24, 2.45) is 0 Å². The summed E-state index contributed by atoms with van der Waals surface area (Å²) in [7, 11) is 0. The molecule has 0 bridgehead atoms. The van der Waals surface area contributed by atoms with Gasteiger partial charge in [0.2, 0.25) is 0 Å². The average Bonchev–Trinajstić information content (AvgIpc) is 3.32. The minimum atomic E-state index is -0.591. The molecule has 0 fully saturated rings. The molecule has 1 aromatic carbocycles. The predicted octanol–water partition coefficient (Wildman–Crippen LogP) is 3.63. The minimum absolute atomic E-state index is 0.0132. The highest BCUT2D eigenvalue weighted by Gasteiger charge is 2.40. The van der Waals surface area contributed by atoms with E-state index in [0.717, 1.165) is 27.0 Å². The highest BCUT2D eigenvalue weighted by atomic mass is 32.1. The van der Waals surface area contributed by atoms with E-state index in [-0.39, 0.29) is 11.7 Å². The highest BCUT2D eigenvalue weighted by molar-refractivity contribution is 7.10. The smallest absolute Gasteiger partial charge is 0.327 e. The van der Waals surface area contributed by atoms with E-state index in [4.69, 9.17) is 0 Å². The van der Waals surface area contributed by atoms with Gasteiger partial charge in [0.15, 0.2) is 5.78 Å². The van der Waals surface area contributed by atoms with Crippen LogP contribution in [0.5, 0.6) is 0 Å². The first-order chi connectivity index (χ1) is 15.6. The maximum Gasteiger partial charge on any atom is 0.327 e. The molecule has 0 amide bonds. The van der Waals surface area contributed by atoms with Gasteiger partial charge in [0.1, 0.15) is 5.82 Å². The van der Waals surface area contributed by atoms with Crippen molar-refractivity contribution in [3.8, 4) is 0 Å². The number of fused-ring (bicyclic) bond motifs is 2. The number of ketones is 1. The Balaban J connectivity index is 1.62. The van der Waals surface area contributed by atoms with Crippen molar-refractivity contribution in [3.05, 3.63) is 102 Å². The number of aromatic nitrogens is 3. The lowest BCUT2D eigenvalue weighted by Gasteiger charge is -2.35. The van der Waals surface area contributed by atoms with Crippen LogP contribution in [0.4, 0.5) is 5.82 Å². The van der Waals surface area contributed by atoms with Crippen molar-refractivity contribution in [2.75, 3.05) is 5.32 Å². The van der Waals surface area contributed by atoms with Crippen molar-refractivity contribution in [1.29, 1.82) is 0 Å². The summed E-state index contributed by atoms with van der Waals surface area (Å²) in [6.45, 7) is 0. The number of carbonyl (C=O) groups excluding carboxylic acids is 1. The molecular weight excluding hydrogens is 424 g/mol. The Morgan fingerprint density at radius 3 is 2.69 bits per heavy atom. The number of allylic oxidation sites excluding steroid dienone is 2. The molecule has 1 aliphatic carbocycles. The van der Waals surface area contributed by atoms with Gasteiger partial charge in [-0.25, -0.2) is 4.79 Å². The van der Waals surface area contributed by atoms with E-state index < -0.39 is 17.2 Å². The van der Waals surface area contributed by atoms with E-state index in [1.807, 2.05) is 47.8 Å². The first-order valence-electron chi connectivity index (χ1n) is 10.4. The lowest BCUT2D eigenvalue weighted by molar-refractivity contribution is -0.116. The second-order valence-corrected chi connectivity index (χ2v) is 9.09. The molecule has 0 spiro atoms. The van der Waals surface area contributed by atoms with E-state index in [2.05, 4.69) is 20.3 Å². The zero-order valence-electron chi connectivity index (χ0n) is 16.8. The summed E-state index contributed by atoms with van der Waals surface area (Å²) in [5.74, 6) is -0.160. The molecule has 3 N–H and O–H groups in total. The third-order valence-electron chi connectivity index (χ3n) is 6.28. The second kappa shape index (κ2) is 7.13. The van der Waals surface area contributed by atoms with Gasteiger partial charge < -0.3 is 5.32 Å². The van der Waals surface area contributed by atoms with Crippen molar-refractivity contribution in [2.45, 2.75) is 24.7 Å². The first kappa shape index (κ1) is 18.9. The van der Waals surface area contributed by atoms with Crippen molar-refractivity contribution < 1.29 is 4.79 Å². The number of hydrogen-bond acceptors (Lipinski definition) is 6. The van der Waals surface area contributed by atoms with Gasteiger partial charge in [-0.15, -0.1) is 11.3 Å². The summed E-state index contributed by atoms with van der Waals surface area (Å²) < 4.78 is 0. The molecule has 158 valence electrons. The number of para-hydroxylation sites is 1. The van der Waals surface area contributed by atoms with Crippen LogP contribution in [0.1, 0.15) is 40.7 Å². The van der Waals surface area contributed by atoms with Gasteiger partial charge in [0.05, 0.1) is 11.1 Å². The fourth-order valence-electron chi connectivity index (χ4n) is 4.95. The number of nitrogens with zero attached hydrogens (tertiary/aromatic N) is 1. The van der Waals surface area contributed by atoms with Gasteiger partial charge in [0.25, 0.3) is 5.56 Å². The molecule has 8 heteroatoms. The highest BCUT2D eigenvalue weighted by Crippen LogP contribution is 2.47. The maximum absolute atomic E-state index is 13.5. The summed E-state index contributed by atoms with van der Waals surface area (Å²) in [5.41, 5.74) is 2.24. The van der Waals surface area contributed by atoms with Crippen LogP contribution in [-0.4, -0.2) is 20.7 Å². The van der Waals surface area contributed by atoms with E-state index >= 15 is 0 Å². The summed E-state index contributed by atoms with van der Waals surface area (Å²) in [6, 6.07) is 13.6. The lowest BCUT2D eigenvalue weighted by atomic mass is 9.73. The van der Waals surface area contributed by atoms with Crippen LogP contribution in [0.2, 0.25) is 0 Å². The molecule has 32 heavy (non-hydrogen) atoms. The molecule has 0 unspecified atom stereocenters. The summed E-state index contributed by atoms with van der Waals surface area (Å²) in [4.78, 5) is 49.2. The standard InChI is InChI=1S/C24H18N4O3S/c29-17-11-12(18-6-3-9-32-18)10-16-20(17)19(21-22(26-16)27-24(31)28-23(21)30)14-7-8-25-15-5-2-1-4-13(14)15/h1-9,12,19H,10-11H2,(H3,26,27,28,30,31)/t12-,19+/m0/s1. The molecule has 4 aromatic rings. The quantitative estimate of drug-likeness (QED) is 0.439. The SMILES string of the molecule is O=C1C[C@@H](c2cccs2)CC2=C1[C@@H](c1ccnc3ccccc13)c1c([nH]c(=O)[nH]c1=O)N2. The van der Waals surface area contributed by atoms with Crippen LogP contribution < -0.4 is 16.6 Å². The number of hydrogen-bond donors (Lipinski definition) is 3. The van der Waals surface area contributed by atoms with Gasteiger partial charge in [-0.1, -0.05) is 24.3 Å². The number of aromatic amines is 2. The molecule has 7 nitrogen and oxygen atoms in total. The number of nitrogens with one attached hydrogen (secondary N) is 3. The van der Waals surface area contributed by atoms with E-state index in [0.29, 0.717) is 29.8 Å². The number of Topliss-reactive ketones (excluding diaryl/α,β-unsaturated/α-hetero) is 1. The van der Waals surface area contributed by atoms with E-state index in [1.54, 1.807) is 17.5 Å². The fourth-order valence-corrected chi connectivity index (χ4v) is 5.79. The lowest BCUT2D eigenvalue weighted by Crippen LogP contribution is -2.37. The van der Waals surface area contributed by atoms with Crippen LogP contribution in [0, 0.1) is 0 Å². The number of anilines is 1. The van der Waals surface area contributed by atoms with Crippen LogP contribution in [0.15, 0.2) is 74.9 Å². The second-order valence-electron chi connectivity index (χ2n) is 8.11. The van der Waals surface area contributed by atoms with Crippen molar-refractivity contribution in [1.82, 2.24) is 15.0 Å². The third kappa shape index (κ3) is 2.87. The Labute approximate surface area is 185 Å². The maximum atomic E-state index is 13.5. The summed E-state index contributed by atoms with van der Waals surface area (Å²) >= 11 is 1.64. The molecule has 1 aliphatic heterocycles. The predicted molar refractivity (Wildman–Crippen MR) is 123 cm³/mol. The Morgan fingerprint density at radius 1 is 0.969 bits per heavy atom. The number of rotatable bonds is 2. The third-order valence-corrected chi connectivity index (χ3v) is 7.31. The van der Waals surface area contributed by atoms with Crippen LogP contribution in [0.3, 0.4) is 0 Å². The largest absolute Gasteiger partial charge is 0.344 e. The number of H-pyrrole nitrogens is 2. The topological polar surface area (TPSA) is 108 Å². The van der Waals surface area contributed by atoms with Gasteiger partial charge in [-0.05, 0) is 35.6 Å². The van der Waals surface area contributed by atoms with Crippen LogP contribution in [-0.2, 0) is 4.79 Å². The van der Waals surface area contributed by atoms with Crippen LogP contribution in [0.25, 0.3) is 10.9 Å². The Hall–Kier alpha value is -3.78. The zero-order chi connectivity index (χ0) is 21.8. The summed E-state index contributed by atoms with van der Waals surface area (Å²) in [5, 5.41) is 6.11. The number of benzene rings is 1. The van der Waals surface area contributed by atoms with E-state index in [1.165, 1.54) is 0 Å². The Morgan fingerprint density at radius 2 is 1.84 bits per heavy atom. The van der Waals surface area contributed by atoms with Crippen molar-refractivity contribution >= 4 is 33.8 Å². The molecule has 0 radical (unpaired) electrons. The van der Waals surface area contributed by atoms with Gasteiger partial charge in [-0.3, -0.25) is 24.5 Å². The minimum Gasteiger partial charge on any atom is -0.344 e. The van der Waals surface area contributed by atoms with Crippen molar-refractivity contribution in [3.63, 3.8) is 0 Å². The van der Waals surface area contributed by atoms with Crippen LogP contribution >= 0.6 is 11.3 Å². The molecule has 4 heterocycles. The van der Waals surface area contributed by atoms with Gasteiger partial charge in [-0.2, -0.15) is 0 Å². The Bertz CT molecular complexity index is 1530.